The SMILES string of the molecule is O=C1Cc2cc(-c3ccc(Cn4cnc5ccccc5c4=O)cc3)ccc2N1.O=c1c2ccccc2ncn1Cc1ccc(-c2cccc3[nH]ncc23)cc1. The van der Waals surface area contributed by atoms with Gasteiger partial charge in [-0.2, -0.15) is 5.10 Å². The van der Waals surface area contributed by atoms with Crippen molar-refractivity contribution in [2.24, 2.45) is 0 Å². The van der Waals surface area contributed by atoms with Crippen molar-refractivity contribution in [2.45, 2.75) is 19.5 Å². The van der Waals surface area contributed by atoms with Gasteiger partial charge >= 0.3 is 0 Å². The number of para-hydroxylation sites is 2. The average molecular weight is 720 g/mol. The van der Waals surface area contributed by atoms with Gasteiger partial charge in [-0.1, -0.05) is 91.0 Å². The van der Waals surface area contributed by atoms with E-state index >= 15 is 0 Å². The van der Waals surface area contributed by atoms with Crippen LogP contribution in [0.1, 0.15) is 16.7 Å². The molecule has 1 amide bonds. The predicted molar refractivity (Wildman–Crippen MR) is 216 cm³/mol. The molecule has 1 aliphatic rings. The molecule has 4 heterocycles. The zero-order valence-electron chi connectivity index (χ0n) is 29.5. The van der Waals surface area contributed by atoms with Crippen LogP contribution in [0.4, 0.5) is 5.69 Å². The number of hydrogen-bond acceptors (Lipinski definition) is 6. The molecule has 55 heavy (non-hydrogen) atoms. The Morgan fingerprint density at radius 2 is 1.15 bits per heavy atom. The van der Waals surface area contributed by atoms with Crippen LogP contribution in [0.25, 0.3) is 55.0 Å². The number of hydrogen-bond donors (Lipinski definition) is 2. The molecule has 2 N–H and O–H groups in total. The number of rotatable bonds is 6. The number of carbonyl (C=O) groups is 1. The minimum Gasteiger partial charge on any atom is -0.326 e. The molecule has 0 unspecified atom stereocenters. The van der Waals surface area contributed by atoms with Crippen molar-refractivity contribution >= 4 is 44.3 Å². The first-order chi connectivity index (χ1) is 27.0. The third-order valence-electron chi connectivity index (χ3n) is 9.94. The molecular formula is C45H33N7O3. The molecule has 0 radical (unpaired) electrons. The van der Waals surface area contributed by atoms with Crippen LogP contribution in [0.15, 0.2) is 162 Å². The summed E-state index contributed by atoms with van der Waals surface area (Å²) < 4.78 is 3.28. The van der Waals surface area contributed by atoms with Crippen LogP contribution in [0, 0.1) is 0 Å². The van der Waals surface area contributed by atoms with Gasteiger partial charge in [0.15, 0.2) is 0 Å². The van der Waals surface area contributed by atoms with Crippen LogP contribution in [0.3, 0.4) is 0 Å². The van der Waals surface area contributed by atoms with E-state index in [1.54, 1.807) is 27.9 Å². The zero-order chi connectivity index (χ0) is 37.3. The Morgan fingerprint density at radius 3 is 1.78 bits per heavy atom. The van der Waals surface area contributed by atoms with Crippen molar-refractivity contribution in [1.82, 2.24) is 29.3 Å². The summed E-state index contributed by atoms with van der Waals surface area (Å²) in [6.07, 6.45) is 5.49. The van der Waals surface area contributed by atoms with Gasteiger partial charge in [0.25, 0.3) is 11.1 Å². The van der Waals surface area contributed by atoms with Crippen molar-refractivity contribution in [3.05, 3.63) is 190 Å². The van der Waals surface area contributed by atoms with Gasteiger partial charge in [-0.25, -0.2) is 9.97 Å². The van der Waals surface area contributed by atoms with Crippen molar-refractivity contribution in [3.8, 4) is 22.3 Å². The summed E-state index contributed by atoms with van der Waals surface area (Å²) in [5.74, 6) is 0.0388. The van der Waals surface area contributed by atoms with Gasteiger partial charge in [-0.3, -0.25) is 28.6 Å². The van der Waals surface area contributed by atoms with E-state index in [1.165, 1.54) is 0 Å². The summed E-state index contributed by atoms with van der Waals surface area (Å²) in [5.41, 5.74) is 10.8. The molecule has 0 saturated heterocycles. The molecule has 3 aromatic heterocycles. The van der Waals surface area contributed by atoms with Gasteiger partial charge in [-0.15, -0.1) is 0 Å². The molecule has 0 fully saturated rings. The van der Waals surface area contributed by atoms with E-state index in [0.717, 1.165) is 61.1 Å². The third-order valence-corrected chi connectivity index (χ3v) is 9.94. The summed E-state index contributed by atoms with van der Waals surface area (Å²) >= 11 is 0. The highest BCUT2D eigenvalue weighted by atomic mass is 16.2. The normalized spacial score (nSPS) is 12.0. The molecule has 266 valence electrons. The Morgan fingerprint density at radius 1 is 0.564 bits per heavy atom. The van der Waals surface area contributed by atoms with Crippen molar-refractivity contribution in [1.29, 1.82) is 0 Å². The van der Waals surface area contributed by atoms with E-state index < -0.39 is 0 Å². The lowest BCUT2D eigenvalue weighted by atomic mass is 10.0. The van der Waals surface area contributed by atoms with Gasteiger partial charge in [0.2, 0.25) is 5.91 Å². The Balaban J connectivity index is 0.000000144. The fourth-order valence-electron chi connectivity index (χ4n) is 7.05. The Hall–Kier alpha value is -7.46. The Bertz CT molecular complexity index is 3000. The lowest BCUT2D eigenvalue weighted by Gasteiger charge is -2.09. The van der Waals surface area contributed by atoms with Crippen molar-refractivity contribution in [2.75, 3.05) is 5.32 Å². The highest BCUT2D eigenvalue weighted by molar-refractivity contribution is 5.99. The van der Waals surface area contributed by atoms with Crippen molar-refractivity contribution in [3.63, 3.8) is 0 Å². The minimum absolute atomic E-state index is 0.0205. The molecule has 0 bridgehead atoms. The molecule has 0 spiro atoms. The van der Waals surface area contributed by atoms with Crippen LogP contribution in [-0.2, 0) is 24.3 Å². The number of benzene rings is 6. The second-order valence-corrected chi connectivity index (χ2v) is 13.5. The van der Waals surface area contributed by atoms with Crippen LogP contribution >= 0.6 is 0 Å². The molecule has 0 saturated carbocycles. The zero-order valence-corrected chi connectivity index (χ0v) is 29.5. The molecule has 10 rings (SSSR count). The maximum absolute atomic E-state index is 12.7. The van der Waals surface area contributed by atoms with Crippen molar-refractivity contribution < 1.29 is 4.79 Å². The maximum Gasteiger partial charge on any atom is 0.261 e. The predicted octanol–water partition coefficient (Wildman–Crippen LogP) is 7.59. The summed E-state index contributed by atoms with van der Waals surface area (Å²) in [6, 6.07) is 43.3. The second kappa shape index (κ2) is 14.2. The summed E-state index contributed by atoms with van der Waals surface area (Å²) in [6.45, 7) is 0.965. The molecule has 10 nitrogen and oxygen atoms in total. The van der Waals surface area contributed by atoms with E-state index in [4.69, 9.17) is 0 Å². The van der Waals surface area contributed by atoms with Crippen LogP contribution in [0.5, 0.6) is 0 Å². The van der Waals surface area contributed by atoms with Gasteiger partial charge in [-0.05, 0) is 81.4 Å². The quantitative estimate of drug-likeness (QED) is 0.182. The molecule has 6 aromatic carbocycles. The highest BCUT2D eigenvalue weighted by Crippen LogP contribution is 2.30. The average Bonchev–Trinajstić information content (AvgIpc) is 3.87. The molecular weight excluding hydrogens is 687 g/mol. The molecule has 10 heteroatoms. The number of nitrogens with zero attached hydrogens (tertiary/aromatic N) is 5. The number of nitrogens with one attached hydrogen (secondary N) is 2. The number of carbonyl (C=O) groups excluding carboxylic acids is 1. The number of fused-ring (bicyclic) bond motifs is 4. The smallest absolute Gasteiger partial charge is 0.261 e. The molecule has 1 aliphatic heterocycles. The second-order valence-electron chi connectivity index (χ2n) is 13.5. The fourth-order valence-corrected chi connectivity index (χ4v) is 7.05. The number of H-pyrrole nitrogens is 1. The first-order valence-electron chi connectivity index (χ1n) is 17.9. The first kappa shape index (κ1) is 33.4. The van der Waals surface area contributed by atoms with Crippen LogP contribution in [-0.4, -0.2) is 35.2 Å². The summed E-state index contributed by atoms with van der Waals surface area (Å²) in [4.78, 5) is 45.6. The molecule has 0 aliphatic carbocycles. The lowest BCUT2D eigenvalue weighted by molar-refractivity contribution is -0.115. The summed E-state index contributed by atoms with van der Waals surface area (Å²) in [5, 5.41) is 12.3. The van der Waals surface area contributed by atoms with Gasteiger partial charge in [0.1, 0.15) is 0 Å². The Kier molecular flexibility index (Phi) is 8.60. The van der Waals surface area contributed by atoms with Crippen LogP contribution < -0.4 is 16.4 Å². The lowest BCUT2D eigenvalue weighted by Crippen LogP contribution is -2.21. The standard InChI is InChI=1S/C23H17N3O2.C22H16N4O/c27-22-12-18-11-17(9-10-20(18)25-22)16-7-5-15(6-8-16)13-26-14-24-21-4-2-1-3-19(21)23(26)28;27-22-18-4-1-2-6-20(18)23-14-26(22)13-15-8-10-16(11-9-15)17-5-3-7-21-19(17)12-24-25-21/h1-11,14H,12-13H2,(H,25,27);1-12,14H,13H2,(H,24,25). The van der Waals surface area contributed by atoms with E-state index in [2.05, 4.69) is 61.9 Å². The van der Waals surface area contributed by atoms with E-state index in [9.17, 15) is 14.4 Å². The maximum atomic E-state index is 12.7. The third kappa shape index (κ3) is 6.68. The Labute approximate surface area is 314 Å². The van der Waals surface area contributed by atoms with E-state index in [0.29, 0.717) is 35.8 Å². The first-order valence-corrected chi connectivity index (χ1v) is 17.9. The van der Waals surface area contributed by atoms with Gasteiger partial charge in [0, 0.05) is 11.1 Å². The summed E-state index contributed by atoms with van der Waals surface area (Å²) in [7, 11) is 0. The monoisotopic (exact) mass is 719 g/mol. The number of amides is 1. The number of anilines is 1. The molecule has 0 atom stereocenters. The largest absolute Gasteiger partial charge is 0.326 e. The van der Waals surface area contributed by atoms with E-state index in [1.807, 2.05) is 97.2 Å². The van der Waals surface area contributed by atoms with Gasteiger partial charge < -0.3 is 5.32 Å². The van der Waals surface area contributed by atoms with Gasteiger partial charge in [0.05, 0.1) is 65.7 Å². The number of aromatic amines is 1. The number of aromatic nitrogens is 6. The highest BCUT2D eigenvalue weighted by Gasteiger charge is 2.18. The minimum atomic E-state index is -0.0366. The fraction of sp³-hybridized carbons (Fsp3) is 0.0667. The molecule has 9 aromatic rings. The topological polar surface area (TPSA) is 128 Å². The van der Waals surface area contributed by atoms with E-state index in [-0.39, 0.29) is 17.0 Å². The van der Waals surface area contributed by atoms with Crippen LogP contribution in [0.2, 0.25) is 0 Å².